The topological polar surface area (TPSA) is 41.5 Å². The molecular weight excluding hydrogens is 250 g/mol. The van der Waals surface area contributed by atoms with Crippen LogP contribution in [0.1, 0.15) is 24.3 Å². The maximum Gasteiger partial charge on any atom is 0.0897 e. The van der Waals surface area contributed by atoms with Crippen molar-refractivity contribution in [3.8, 4) is 0 Å². The summed E-state index contributed by atoms with van der Waals surface area (Å²) in [6.45, 7) is 0.974. The molecule has 1 aromatic rings. The number of benzene rings is 1. The molecule has 0 saturated heterocycles. The van der Waals surface area contributed by atoms with Gasteiger partial charge >= 0.3 is 0 Å². The molecule has 3 nitrogen and oxygen atoms in total. The van der Waals surface area contributed by atoms with Gasteiger partial charge in [-0.3, -0.25) is 0 Å². The zero-order valence-corrected chi connectivity index (χ0v) is 11.4. The second kappa shape index (κ2) is 6.53. The maximum absolute atomic E-state index is 9.54. The van der Waals surface area contributed by atoms with E-state index in [0.29, 0.717) is 25.1 Å². The van der Waals surface area contributed by atoms with Gasteiger partial charge in [0.25, 0.3) is 0 Å². The van der Waals surface area contributed by atoms with Gasteiger partial charge in [-0.15, -0.1) is 0 Å². The highest BCUT2D eigenvalue weighted by Crippen LogP contribution is 2.39. The first kappa shape index (κ1) is 13.8. The number of methoxy groups -OCH3 is 1. The molecule has 1 aromatic carbocycles. The van der Waals surface area contributed by atoms with Crippen LogP contribution in [0.2, 0.25) is 5.02 Å². The monoisotopic (exact) mass is 269 g/mol. The molecule has 1 unspecified atom stereocenters. The van der Waals surface area contributed by atoms with Crippen molar-refractivity contribution in [2.75, 3.05) is 20.3 Å². The smallest absolute Gasteiger partial charge is 0.0897 e. The van der Waals surface area contributed by atoms with Crippen molar-refractivity contribution in [1.82, 2.24) is 5.32 Å². The molecule has 1 fully saturated rings. The molecule has 0 spiro atoms. The normalized spacial score (nSPS) is 24.6. The van der Waals surface area contributed by atoms with E-state index < -0.39 is 6.10 Å². The zero-order valence-electron chi connectivity index (χ0n) is 10.6. The standard InChI is InChI=1S/C14H20ClNO2/c1-18-9-12(17)8-16-11-6-10(7-11)13-4-2-3-5-14(13)15/h2-5,10-12,16-17H,6-9H2,1H3. The minimum Gasteiger partial charge on any atom is -0.389 e. The van der Waals surface area contributed by atoms with Gasteiger partial charge in [0.05, 0.1) is 12.7 Å². The Morgan fingerprint density at radius 3 is 2.83 bits per heavy atom. The summed E-state index contributed by atoms with van der Waals surface area (Å²) in [5, 5.41) is 13.7. The quantitative estimate of drug-likeness (QED) is 0.832. The van der Waals surface area contributed by atoms with Gasteiger partial charge in [-0.2, -0.15) is 0 Å². The van der Waals surface area contributed by atoms with E-state index in [1.54, 1.807) is 7.11 Å². The number of aliphatic hydroxyl groups is 1. The minimum absolute atomic E-state index is 0.383. The first-order chi connectivity index (χ1) is 8.70. The molecule has 0 aliphatic heterocycles. The van der Waals surface area contributed by atoms with Crippen molar-refractivity contribution in [1.29, 1.82) is 0 Å². The summed E-state index contributed by atoms with van der Waals surface area (Å²) < 4.78 is 4.89. The molecule has 0 radical (unpaired) electrons. The Balaban J connectivity index is 1.73. The lowest BCUT2D eigenvalue weighted by atomic mass is 9.76. The molecule has 18 heavy (non-hydrogen) atoms. The molecule has 1 aliphatic carbocycles. The fourth-order valence-electron chi connectivity index (χ4n) is 2.40. The molecular formula is C14H20ClNO2. The second-order valence-corrected chi connectivity index (χ2v) is 5.31. The molecule has 0 heterocycles. The first-order valence-electron chi connectivity index (χ1n) is 6.35. The Kier molecular flexibility index (Phi) is 5.01. The highest BCUT2D eigenvalue weighted by atomic mass is 35.5. The van der Waals surface area contributed by atoms with Gasteiger partial charge in [0, 0.05) is 24.7 Å². The Morgan fingerprint density at radius 2 is 2.17 bits per heavy atom. The second-order valence-electron chi connectivity index (χ2n) is 4.90. The zero-order chi connectivity index (χ0) is 13.0. The Morgan fingerprint density at radius 1 is 1.44 bits per heavy atom. The Hall–Kier alpha value is -0.610. The molecule has 0 aromatic heterocycles. The highest BCUT2D eigenvalue weighted by Gasteiger charge is 2.31. The van der Waals surface area contributed by atoms with E-state index in [1.165, 1.54) is 5.56 Å². The van der Waals surface area contributed by atoms with E-state index in [-0.39, 0.29) is 0 Å². The van der Waals surface area contributed by atoms with Crippen LogP contribution in [0.25, 0.3) is 0 Å². The number of nitrogens with one attached hydrogen (secondary N) is 1. The van der Waals surface area contributed by atoms with Gasteiger partial charge in [0.2, 0.25) is 0 Å². The summed E-state index contributed by atoms with van der Waals surface area (Å²) in [6, 6.07) is 8.52. The van der Waals surface area contributed by atoms with Gasteiger partial charge < -0.3 is 15.2 Å². The molecule has 4 heteroatoms. The summed E-state index contributed by atoms with van der Waals surface area (Å²) in [7, 11) is 1.60. The van der Waals surface area contributed by atoms with Crippen molar-refractivity contribution in [3.05, 3.63) is 34.9 Å². The van der Waals surface area contributed by atoms with Crippen LogP contribution < -0.4 is 5.32 Å². The van der Waals surface area contributed by atoms with Crippen LogP contribution >= 0.6 is 11.6 Å². The summed E-state index contributed by atoms with van der Waals surface area (Å²) in [4.78, 5) is 0. The van der Waals surface area contributed by atoms with Crippen molar-refractivity contribution < 1.29 is 9.84 Å². The van der Waals surface area contributed by atoms with Gasteiger partial charge in [-0.25, -0.2) is 0 Å². The molecule has 0 bridgehead atoms. The molecule has 1 aliphatic rings. The van der Waals surface area contributed by atoms with Crippen LogP contribution in [0.3, 0.4) is 0 Å². The third-order valence-corrected chi connectivity index (χ3v) is 3.83. The lowest BCUT2D eigenvalue weighted by molar-refractivity contribution is 0.0597. The number of hydrogen-bond donors (Lipinski definition) is 2. The predicted octanol–water partition coefficient (Wildman–Crippen LogP) is 2.18. The third kappa shape index (κ3) is 3.45. The predicted molar refractivity (Wildman–Crippen MR) is 73.1 cm³/mol. The van der Waals surface area contributed by atoms with E-state index in [2.05, 4.69) is 11.4 Å². The molecule has 0 amide bonds. The van der Waals surface area contributed by atoms with Gasteiger partial charge in [0.1, 0.15) is 0 Å². The van der Waals surface area contributed by atoms with Gasteiger partial charge in [0.15, 0.2) is 0 Å². The average Bonchev–Trinajstić information content (AvgIpc) is 2.29. The largest absolute Gasteiger partial charge is 0.389 e. The fraction of sp³-hybridized carbons (Fsp3) is 0.571. The van der Waals surface area contributed by atoms with E-state index in [4.69, 9.17) is 16.3 Å². The van der Waals surface area contributed by atoms with E-state index in [9.17, 15) is 5.11 Å². The maximum atomic E-state index is 9.54. The van der Waals surface area contributed by atoms with Crippen molar-refractivity contribution in [3.63, 3.8) is 0 Å². The third-order valence-electron chi connectivity index (χ3n) is 3.48. The van der Waals surface area contributed by atoms with E-state index >= 15 is 0 Å². The lowest BCUT2D eigenvalue weighted by Gasteiger charge is -2.37. The van der Waals surface area contributed by atoms with Gasteiger partial charge in [-0.1, -0.05) is 29.8 Å². The number of rotatable bonds is 6. The number of hydrogen-bond acceptors (Lipinski definition) is 3. The Bertz CT molecular complexity index is 380. The molecule has 1 atom stereocenters. The van der Waals surface area contributed by atoms with Crippen LogP contribution in [-0.2, 0) is 4.74 Å². The minimum atomic E-state index is -0.422. The SMILES string of the molecule is COCC(O)CNC1CC(c2ccccc2Cl)C1. The van der Waals surface area contributed by atoms with Crippen LogP contribution in [0.4, 0.5) is 0 Å². The highest BCUT2D eigenvalue weighted by molar-refractivity contribution is 6.31. The van der Waals surface area contributed by atoms with Gasteiger partial charge in [-0.05, 0) is 30.4 Å². The molecule has 2 rings (SSSR count). The fourth-order valence-corrected chi connectivity index (χ4v) is 2.69. The molecule has 1 saturated carbocycles. The van der Waals surface area contributed by atoms with E-state index in [1.807, 2.05) is 18.2 Å². The van der Waals surface area contributed by atoms with Crippen molar-refractivity contribution in [2.24, 2.45) is 0 Å². The number of ether oxygens (including phenoxy) is 1. The summed E-state index contributed by atoms with van der Waals surface area (Å²) in [5.74, 6) is 0.552. The number of aliphatic hydroxyl groups excluding tert-OH is 1. The first-order valence-corrected chi connectivity index (χ1v) is 6.73. The summed E-state index contributed by atoms with van der Waals surface area (Å²) >= 11 is 6.17. The van der Waals surface area contributed by atoms with E-state index in [0.717, 1.165) is 17.9 Å². The van der Waals surface area contributed by atoms with Crippen molar-refractivity contribution >= 4 is 11.6 Å². The molecule has 2 N–H and O–H groups in total. The number of halogens is 1. The summed E-state index contributed by atoms with van der Waals surface area (Å²) in [5.41, 5.74) is 1.25. The Labute approximate surface area is 113 Å². The summed E-state index contributed by atoms with van der Waals surface area (Å²) in [6.07, 6.45) is 1.75. The molecule has 100 valence electrons. The van der Waals surface area contributed by atoms with Crippen LogP contribution in [0.5, 0.6) is 0 Å². The average molecular weight is 270 g/mol. The lowest BCUT2D eigenvalue weighted by Crippen LogP contribution is -2.44. The van der Waals surface area contributed by atoms with Crippen LogP contribution in [0.15, 0.2) is 24.3 Å². The van der Waals surface area contributed by atoms with Crippen LogP contribution in [-0.4, -0.2) is 37.5 Å². The van der Waals surface area contributed by atoms with Crippen molar-refractivity contribution in [2.45, 2.75) is 30.9 Å². The van der Waals surface area contributed by atoms with Crippen LogP contribution in [0, 0.1) is 0 Å².